The minimum atomic E-state index is -4.66. The average Bonchev–Trinajstić information content (AvgIpc) is 2.63. The van der Waals surface area contributed by atoms with Crippen LogP contribution in [-0.4, -0.2) is 22.7 Å². The van der Waals surface area contributed by atoms with Crippen molar-refractivity contribution in [1.82, 2.24) is 9.97 Å². The van der Waals surface area contributed by atoms with Crippen LogP contribution in [0.1, 0.15) is 69.6 Å². The van der Waals surface area contributed by atoms with Gasteiger partial charge in [-0.3, -0.25) is 0 Å². The van der Waals surface area contributed by atoms with Crippen molar-refractivity contribution in [3.63, 3.8) is 0 Å². The van der Waals surface area contributed by atoms with Crippen molar-refractivity contribution in [3.05, 3.63) is 46.3 Å². The van der Waals surface area contributed by atoms with Crippen LogP contribution >= 0.6 is 0 Å². The number of nitrogens with one attached hydrogen (secondary N) is 1. The van der Waals surface area contributed by atoms with Crippen molar-refractivity contribution >= 4 is 11.6 Å². The fourth-order valence-electron chi connectivity index (χ4n) is 3.51. The second-order valence-electron chi connectivity index (χ2n) is 9.76. The maximum atomic E-state index is 13.9. The Balaban J connectivity index is 2.52. The predicted molar refractivity (Wildman–Crippen MR) is 117 cm³/mol. The molecule has 0 bridgehead atoms. The molecule has 4 nitrogen and oxygen atoms in total. The molecule has 0 amide bonds. The van der Waals surface area contributed by atoms with E-state index >= 15 is 0 Å². The van der Waals surface area contributed by atoms with Crippen molar-refractivity contribution in [2.75, 3.05) is 17.6 Å². The summed E-state index contributed by atoms with van der Waals surface area (Å²) in [5.74, 6) is -0.0606. The first-order valence-electron chi connectivity index (χ1n) is 10.5. The Morgan fingerprint density at radius 2 is 1.52 bits per heavy atom. The van der Waals surface area contributed by atoms with Gasteiger partial charge in [-0.2, -0.15) is 26.3 Å². The summed E-state index contributed by atoms with van der Waals surface area (Å²) < 4.78 is 81.1. The SMILES string of the molecule is CCc1cc(N)nc(C(C)(C)CNc2nc(C(C)(C)C)ccc2CC(F)(F)F)c1C(F)(F)F. The molecule has 10 heteroatoms. The van der Waals surface area contributed by atoms with Crippen LogP contribution in [0, 0.1) is 0 Å². The van der Waals surface area contributed by atoms with Gasteiger partial charge in [-0.05, 0) is 24.1 Å². The number of halogens is 6. The molecule has 0 aliphatic rings. The van der Waals surface area contributed by atoms with E-state index in [2.05, 4.69) is 15.3 Å². The van der Waals surface area contributed by atoms with Crippen LogP contribution in [0.25, 0.3) is 0 Å². The maximum absolute atomic E-state index is 13.9. The molecule has 0 atom stereocenters. The first-order chi connectivity index (χ1) is 14.8. The van der Waals surface area contributed by atoms with Gasteiger partial charge in [-0.25, -0.2) is 9.97 Å². The molecule has 3 N–H and O–H groups in total. The lowest BCUT2D eigenvalue weighted by Gasteiger charge is -2.30. The largest absolute Gasteiger partial charge is 0.418 e. The summed E-state index contributed by atoms with van der Waals surface area (Å²) in [5, 5.41) is 2.86. The Morgan fingerprint density at radius 1 is 0.909 bits per heavy atom. The molecule has 0 aliphatic carbocycles. The average molecular weight is 477 g/mol. The standard InChI is InChI=1S/C23H30F6N4/c1-7-13-10-16(30)33-18(17(13)23(27,28)29)21(5,6)12-31-19-14(11-22(24,25)26)8-9-15(32-19)20(2,3)4/h8-10H,7,11-12H2,1-6H3,(H2,30,33)(H,31,32). The van der Waals surface area contributed by atoms with Crippen molar-refractivity contribution < 1.29 is 26.3 Å². The molecule has 2 aromatic rings. The Morgan fingerprint density at radius 3 is 2.00 bits per heavy atom. The van der Waals surface area contributed by atoms with Gasteiger partial charge in [0.25, 0.3) is 0 Å². The van der Waals surface area contributed by atoms with Gasteiger partial charge < -0.3 is 11.1 Å². The smallest absolute Gasteiger partial charge is 0.384 e. The Kier molecular flexibility index (Phi) is 7.31. The van der Waals surface area contributed by atoms with Gasteiger partial charge in [-0.1, -0.05) is 47.6 Å². The molecule has 0 fully saturated rings. The maximum Gasteiger partial charge on any atom is 0.418 e. The zero-order chi connectivity index (χ0) is 25.4. The fourth-order valence-corrected chi connectivity index (χ4v) is 3.51. The molecule has 184 valence electrons. The van der Waals surface area contributed by atoms with Gasteiger partial charge in [0.15, 0.2) is 0 Å². The van der Waals surface area contributed by atoms with Crippen LogP contribution in [0.3, 0.4) is 0 Å². The summed E-state index contributed by atoms with van der Waals surface area (Å²) >= 11 is 0. The number of hydrogen-bond donors (Lipinski definition) is 2. The van der Waals surface area contributed by atoms with Crippen LogP contribution in [0.15, 0.2) is 18.2 Å². The van der Waals surface area contributed by atoms with Crippen molar-refractivity contribution in [1.29, 1.82) is 0 Å². The van der Waals surface area contributed by atoms with Crippen molar-refractivity contribution in [2.45, 2.75) is 77.6 Å². The summed E-state index contributed by atoms with van der Waals surface area (Å²) in [6, 6.07) is 4.09. The lowest BCUT2D eigenvalue weighted by molar-refractivity contribution is -0.139. The minimum absolute atomic E-state index is 0.0130. The number of rotatable bonds is 6. The molecular weight excluding hydrogens is 446 g/mol. The van der Waals surface area contributed by atoms with Crippen LogP contribution in [0.2, 0.25) is 0 Å². The first-order valence-corrected chi connectivity index (χ1v) is 10.5. The molecule has 33 heavy (non-hydrogen) atoms. The third-order valence-corrected chi connectivity index (χ3v) is 5.26. The number of alkyl halides is 6. The molecule has 0 aliphatic heterocycles. The zero-order valence-electron chi connectivity index (χ0n) is 19.6. The monoisotopic (exact) mass is 476 g/mol. The number of pyridine rings is 2. The van der Waals surface area contributed by atoms with Gasteiger partial charge >= 0.3 is 12.4 Å². The van der Waals surface area contributed by atoms with Gasteiger partial charge in [0.2, 0.25) is 0 Å². The quantitative estimate of drug-likeness (QED) is 0.472. The molecule has 0 radical (unpaired) electrons. The van der Waals surface area contributed by atoms with Crippen LogP contribution < -0.4 is 11.1 Å². The van der Waals surface area contributed by atoms with Crippen molar-refractivity contribution in [3.8, 4) is 0 Å². The number of nitrogens with zero attached hydrogens (tertiary/aromatic N) is 2. The van der Waals surface area contributed by atoms with E-state index < -0.39 is 35.2 Å². The molecule has 0 saturated heterocycles. The molecular formula is C23H30F6N4. The van der Waals surface area contributed by atoms with Crippen LogP contribution in [0.4, 0.5) is 38.0 Å². The van der Waals surface area contributed by atoms with E-state index in [1.165, 1.54) is 32.0 Å². The topological polar surface area (TPSA) is 63.8 Å². The van der Waals surface area contributed by atoms with Crippen LogP contribution in [-0.2, 0) is 29.8 Å². The number of aromatic nitrogens is 2. The third-order valence-electron chi connectivity index (χ3n) is 5.26. The summed E-state index contributed by atoms with van der Waals surface area (Å²) in [6.45, 7) is 10.1. The summed E-state index contributed by atoms with van der Waals surface area (Å²) in [7, 11) is 0. The molecule has 0 spiro atoms. The number of nitrogen functional groups attached to an aromatic ring is 1. The molecule has 2 heterocycles. The number of anilines is 2. The second kappa shape index (κ2) is 9.02. The Bertz CT molecular complexity index is 988. The van der Waals surface area contributed by atoms with E-state index in [9.17, 15) is 26.3 Å². The highest BCUT2D eigenvalue weighted by atomic mass is 19.4. The Labute approximate surface area is 190 Å². The van der Waals surface area contributed by atoms with E-state index in [1.54, 1.807) is 6.92 Å². The molecule has 0 aromatic carbocycles. The van der Waals surface area contributed by atoms with Crippen LogP contribution in [0.5, 0.6) is 0 Å². The number of hydrogen-bond acceptors (Lipinski definition) is 4. The Hall–Kier alpha value is -2.52. The molecule has 0 unspecified atom stereocenters. The molecule has 0 saturated carbocycles. The minimum Gasteiger partial charge on any atom is -0.384 e. The third kappa shape index (κ3) is 6.74. The highest BCUT2D eigenvalue weighted by Gasteiger charge is 2.41. The number of aryl methyl sites for hydroxylation is 1. The van der Waals surface area contributed by atoms with E-state index in [-0.39, 0.29) is 41.4 Å². The zero-order valence-corrected chi connectivity index (χ0v) is 19.6. The van der Waals surface area contributed by atoms with Gasteiger partial charge in [0, 0.05) is 28.6 Å². The first kappa shape index (κ1) is 26.7. The predicted octanol–water partition coefficient (Wildman–Crippen LogP) is 6.43. The fraction of sp³-hybridized carbons (Fsp3) is 0.565. The van der Waals surface area contributed by atoms with E-state index in [1.807, 2.05) is 20.8 Å². The highest BCUT2D eigenvalue weighted by molar-refractivity contribution is 5.49. The molecule has 2 aromatic heterocycles. The molecule has 2 rings (SSSR count). The summed E-state index contributed by atoms with van der Waals surface area (Å²) in [6.07, 6.45) is -10.2. The normalized spacial score (nSPS) is 13.3. The van der Waals surface area contributed by atoms with E-state index in [4.69, 9.17) is 5.73 Å². The van der Waals surface area contributed by atoms with E-state index in [0.717, 1.165) is 0 Å². The number of nitrogens with two attached hydrogens (primary N) is 1. The highest BCUT2D eigenvalue weighted by Crippen LogP contribution is 2.40. The second-order valence-corrected chi connectivity index (χ2v) is 9.76. The van der Waals surface area contributed by atoms with Gasteiger partial charge in [0.1, 0.15) is 11.6 Å². The lowest BCUT2D eigenvalue weighted by Crippen LogP contribution is -2.33. The van der Waals surface area contributed by atoms with E-state index in [0.29, 0.717) is 5.69 Å². The van der Waals surface area contributed by atoms with Crippen molar-refractivity contribution in [2.24, 2.45) is 0 Å². The van der Waals surface area contributed by atoms with Gasteiger partial charge in [0.05, 0.1) is 17.7 Å². The van der Waals surface area contributed by atoms with Gasteiger partial charge in [-0.15, -0.1) is 0 Å². The lowest BCUT2D eigenvalue weighted by atomic mass is 9.83. The summed E-state index contributed by atoms with van der Waals surface area (Å²) in [5.41, 5.74) is 3.48. The summed E-state index contributed by atoms with van der Waals surface area (Å²) in [4.78, 5) is 8.36.